The van der Waals surface area contributed by atoms with Gasteiger partial charge in [0.15, 0.2) is 17.2 Å². The fourth-order valence-corrected chi connectivity index (χ4v) is 1.62. The van der Waals surface area contributed by atoms with Crippen molar-refractivity contribution >= 4 is 27.8 Å². The van der Waals surface area contributed by atoms with Crippen LogP contribution in [0.25, 0.3) is 0 Å². The van der Waals surface area contributed by atoms with Crippen LogP contribution >= 0.6 is 15.9 Å². The van der Waals surface area contributed by atoms with E-state index < -0.39 is 35.7 Å². The van der Waals surface area contributed by atoms with E-state index in [1.54, 1.807) is 0 Å². The molecule has 3 N–H and O–H groups in total. The number of aliphatic carboxylic acids is 1. The Morgan fingerprint density at radius 2 is 1.89 bits per heavy atom. The zero-order valence-corrected chi connectivity index (χ0v) is 11.3. The van der Waals surface area contributed by atoms with Crippen molar-refractivity contribution in [3.8, 4) is 0 Å². The summed E-state index contributed by atoms with van der Waals surface area (Å²) < 4.78 is 25.9. The van der Waals surface area contributed by atoms with Crippen molar-refractivity contribution in [2.45, 2.75) is 12.5 Å². The lowest BCUT2D eigenvalue weighted by atomic mass is 10.1. The molecule has 0 spiro atoms. The fraction of sp³-hybridized carbons (Fsp3) is 0.273. The fourth-order valence-electron chi connectivity index (χ4n) is 1.12. The summed E-state index contributed by atoms with van der Waals surface area (Å²) in [6.07, 6.45) is 0. The maximum absolute atomic E-state index is 13.0. The van der Waals surface area contributed by atoms with Gasteiger partial charge in [0.1, 0.15) is 0 Å². The summed E-state index contributed by atoms with van der Waals surface area (Å²) in [6.45, 7) is 0.419. The van der Waals surface area contributed by atoms with Crippen LogP contribution in [0.4, 0.5) is 8.78 Å². The molecule has 0 bridgehead atoms. The average Bonchev–Trinajstić information content (AvgIpc) is 2.30. The van der Waals surface area contributed by atoms with Gasteiger partial charge in [-0.1, -0.05) is 0 Å². The maximum Gasteiger partial charge on any atom is 0.337 e. The second-order valence-electron chi connectivity index (χ2n) is 4.01. The van der Waals surface area contributed by atoms with Crippen molar-refractivity contribution in [1.82, 2.24) is 5.32 Å². The zero-order chi connectivity index (χ0) is 14.8. The van der Waals surface area contributed by atoms with E-state index in [9.17, 15) is 23.5 Å². The van der Waals surface area contributed by atoms with Gasteiger partial charge in [-0.25, -0.2) is 13.6 Å². The molecule has 0 aliphatic carbocycles. The van der Waals surface area contributed by atoms with E-state index in [0.717, 1.165) is 13.0 Å². The van der Waals surface area contributed by atoms with Crippen molar-refractivity contribution in [1.29, 1.82) is 0 Å². The first-order valence-corrected chi connectivity index (χ1v) is 5.83. The van der Waals surface area contributed by atoms with Gasteiger partial charge in [-0.15, -0.1) is 0 Å². The first kappa shape index (κ1) is 15.5. The summed E-state index contributed by atoms with van der Waals surface area (Å²) >= 11 is 2.88. The molecule has 0 fully saturated rings. The molecule has 0 aromatic heterocycles. The molecule has 0 aliphatic rings. The number of amides is 1. The van der Waals surface area contributed by atoms with Crippen LogP contribution in [-0.4, -0.2) is 34.2 Å². The van der Waals surface area contributed by atoms with Crippen LogP contribution in [0.3, 0.4) is 0 Å². The SMILES string of the molecule is CC(O)(CNC(=O)c1cc(F)c(F)cc1Br)C(=O)O. The molecule has 0 radical (unpaired) electrons. The third-order valence-electron chi connectivity index (χ3n) is 2.31. The molecule has 5 nitrogen and oxygen atoms in total. The summed E-state index contributed by atoms with van der Waals surface area (Å²) in [5.74, 6) is -4.69. The standard InChI is InChI=1S/C11H10BrF2NO4/c1-11(19,10(17)18)4-15-9(16)5-2-7(13)8(14)3-6(5)12/h2-3,19H,4H2,1H3,(H,15,16)(H,17,18). The molecular weight excluding hydrogens is 328 g/mol. The molecule has 0 heterocycles. The van der Waals surface area contributed by atoms with E-state index in [0.29, 0.717) is 6.07 Å². The van der Waals surface area contributed by atoms with Crippen molar-refractivity contribution in [2.75, 3.05) is 6.54 Å². The number of carboxylic acid groups (broad SMARTS) is 1. The number of hydrogen-bond donors (Lipinski definition) is 3. The Morgan fingerprint density at radius 3 is 2.42 bits per heavy atom. The Balaban J connectivity index is 2.86. The average molecular weight is 338 g/mol. The number of hydrogen-bond acceptors (Lipinski definition) is 3. The van der Waals surface area contributed by atoms with Gasteiger partial charge in [-0.05, 0) is 35.0 Å². The molecule has 19 heavy (non-hydrogen) atoms. The predicted molar refractivity (Wildman–Crippen MR) is 64.7 cm³/mol. The molecule has 1 amide bonds. The topological polar surface area (TPSA) is 86.6 Å². The molecule has 1 unspecified atom stereocenters. The summed E-state index contributed by atoms with van der Waals surface area (Å²) in [6, 6.07) is 1.45. The molecule has 0 aliphatic heterocycles. The Labute approximate surface area is 115 Å². The highest BCUT2D eigenvalue weighted by molar-refractivity contribution is 9.10. The van der Waals surface area contributed by atoms with E-state index in [-0.39, 0.29) is 10.0 Å². The lowest BCUT2D eigenvalue weighted by molar-refractivity contribution is -0.155. The number of carboxylic acids is 1. The van der Waals surface area contributed by atoms with Crippen LogP contribution < -0.4 is 5.32 Å². The maximum atomic E-state index is 13.0. The Bertz CT molecular complexity index is 534. The minimum atomic E-state index is -2.15. The summed E-state index contributed by atoms with van der Waals surface area (Å²) in [5.41, 5.74) is -2.36. The molecule has 1 rings (SSSR count). The number of nitrogens with one attached hydrogen (secondary N) is 1. The van der Waals surface area contributed by atoms with Gasteiger partial charge in [0.25, 0.3) is 5.91 Å². The van der Waals surface area contributed by atoms with E-state index in [1.807, 2.05) is 0 Å². The van der Waals surface area contributed by atoms with Crippen molar-refractivity contribution in [2.24, 2.45) is 0 Å². The monoisotopic (exact) mass is 337 g/mol. The third kappa shape index (κ3) is 3.71. The van der Waals surface area contributed by atoms with Crippen LogP contribution in [-0.2, 0) is 4.79 Å². The highest BCUT2D eigenvalue weighted by Crippen LogP contribution is 2.20. The largest absolute Gasteiger partial charge is 0.479 e. The lowest BCUT2D eigenvalue weighted by Crippen LogP contribution is -2.46. The minimum absolute atomic E-state index is 0.0128. The first-order chi connectivity index (χ1) is 8.65. The molecule has 8 heteroatoms. The normalized spacial score (nSPS) is 13.7. The molecule has 104 valence electrons. The second kappa shape index (κ2) is 5.62. The van der Waals surface area contributed by atoms with Crippen LogP contribution in [0.15, 0.2) is 16.6 Å². The molecule has 0 saturated carbocycles. The van der Waals surface area contributed by atoms with Crippen molar-refractivity contribution in [3.63, 3.8) is 0 Å². The van der Waals surface area contributed by atoms with Gasteiger partial charge >= 0.3 is 5.97 Å². The van der Waals surface area contributed by atoms with Gasteiger partial charge in [-0.3, -0.25) is 4.79 Å². The van der Waals surface area contributed by atoms with Gasteiger partial charge in [-0.2, -0.15) is 0 Å². The zero-order valence-electron chi connectivity index (χ0n) is 9.71. The van der Waals surface area contributed by atoms with E-state index in [2.05, 4.69) is 21.2 Å². The van der Waals surface area contributed by atoms with E-state index in [4.69, 9.17) is 5.11 Å². The molecule has 0 saturated heterocycles. The molecule has 1 atom stereocenters. The number of carbonyl (C=O) groups excluding carboxylic acids is 1. The predicted octanol–water partition coefficient (Wildman–Crippen LogP) is 1.29. The van der Waals surface area contributed by atoms with Crippen LogP contribution in [0.5, 0.6) is 0 Å². The first-order valence-electron chi connectivity index (χ1n) is 5.03. The highest BCUT2D eigenvalue weighted by Gasteiger charge is 2.30. The van der Waals surface area contributed by atoms with Gasteiger partial charge in [0, 0.05) is 4.47 Å². The van der Waals surface area contributed by atoms with Crippen LogP contribution in [0, 0.1) is 11.6 Å². The summed E-state index contributed by atoms with van der Waals surface area (Å²) in [5, 5.41) is 20.2. The summed E-state index contributed by atoms with van der Waals surface area (Å²) in [4.78, 5) is 22.3. The number of benzene rings is 1. The molecule has 1 aromatic carbocycles. The quantitative estimate of drug-likeness (QED) is 0.722. The highest BCUT2D eigenvalue weighted by atomic mass is 79.9. The van der Waals surface area contributed by atoms with Gasteiger partial charge in [0.2, 0.25) is 0 Å². The van der Waals surface area contributed by atoms with Crippen LogP contribution in [0.1, 0.15) is 17.3 Å². The number of carbonyl (C=O) groups is 2. The minimum Gasteiger partial charge on any atom is -0.479 e. The van der Waals surface area contributed by atoms with Gasteiger partial charge in [0.05, 0.1) is 12.1 Å². The van der Waals surface area contributed by atoms with Crippen molar-refractivity contribution < 1.29 is 28.6 Å². The second-order valence-corrected chi connectivity index (χ2v) is 4.86. The lowest BCUT2D eigenvalue weighted by Gasteiger charge is -2.18. The molecular formula is C11H10BrF2NO4. The van der Waals surface area contributed by atoms with Gasteiger partial charge < -0.3 is 15.5 Å². The van der Waals surface area contributed by atoms with E-state index >= 15 is 0 Å². The van der Waals surface area contributed by atoms with Crippen molar-refractivity contribution in [3.05, 3.63) is 33.8 Å². The van der Waals surface area contributed by atoms with Crippen LogP contribution in [0.2, 0.25) is 0 Å². The number of halogens is 3. The Morgan fingerprint density at radius 1 is 1.37 bits per heavy atom. The Hall–Kier alpha value is -1.54. The Kier molecular flexibility index (Phi) is 4.59. The third-order valence-corrected chi connectivity index (χ3v) is 2.96. The number of aliphatic hydroxyl groups is 1. The smallest absolute Gasteiger partial charge is 0.337 e. The molecule has 1 aromatic rings. The van der Waals surface area contributed by atoms with E-state index in [1.165, 1.54) is 0 Å². The summed E-state index contributed by atoms with van der Waals surface area (Å²) in [7, 11) is 0. The number of rotatable bonds is 4.